The first kappa shape index (κ1) is 24.4. The van der Waals surface area contributed by atoms with Crippen LogP contribution in [0.15, 0.2) is 53.3 Å². The lowest BCUT2D eigenvalue weighted by molar-refractivity contribution is 0.123. The average molecular weight is 485 g/mol. The first-order valence-corrected chi connectivity index (χ1v) is 13.1. The molecule has 1 aliphatic rings. The summed E-state index contributed by atoms with van der Waals surface area (Å²) in [6, 6.07) is 17.0. The van der Waals surface area contributed by atoms with Crippen LogP contribution in [-0.2, 0) is 13.1 Å². The highest BCUT2D eigenvalue weighted by Gasteiger charge is 2.32. The summed E-state index contributed by atoms with van der Waals surface area (Å²) in [4.78, 5) is 18.8. The van der Waals surface area contributed by atoms with E-state index in [0.29, 0.717) is 19.1 Å². The van der Waals surface area contributed by atoms with Crippen molar-refractivity contribution in [1.29, 1.82) is 0 Å². The van der Waals surface area contributed by atoms with Crippen LogP contribution in [0.3, 0.4) is 0 Å². The van der Waals surface area contributed by atoms with E-state index in [1.54, 1.807) is 0 Å². The third kappa shape index (κ3) is 4.98. The third-order valence-corrected chi connectivity index (χ3v) is 7.47. The van der Waals surface area contributed by atoms with Crippen LogP contribution in [0.4, 0.5) is 0 Å². The Morgan fingerprint density at radius 2 is 1.81 bits per heavy atom. The fraction of sp³-hybridized carbons (Fsp3) is 0.448. The van der Waals surface area contributed by atoms with E-state index in [4.69, 9.17) is 0 Å². The molecule has 1 saturated carbocycles. The summed E-state index contributed by atoms with van der Waals surface area (Å²) in [5.74, 6) is 1.15. The lowest BCUT2D eigenvalue weighted by Gasteiger charge is -2.34. The van der Waals surface area contributed by atoms with E-state index >= 15 is 0 Å². The van der Waals surface area contributed by atoms with Crippen LogP contribution in [0.5, 0.6) is 0 Å². The van der Waals surface area contributed by atoms with Gasteiger partial charge in [-0.05, 0) is 71.9 Å². The predicted molar refractivity (Wildman–Crippen MR) is 143 cm³/mol. The zero-order chi connectivity index (χ0) is 25.2. The number of rotatable bonds is 8. The van der Waals surface area contributed by atoms with Gasteiger partial charge in [0.05, 0.1) is 12.1 Å². The summed E-state index contributed by atoms with van der Waals surface area (Å²) in [5, 5.41) is 14.2. The number of aryl methyl sites for hydroxylation is 2. The maximum absolute atomic E-state index is 13.3. The monoisotopic (exact) mass is 484 g/mol. The highest BCUT2D eigenvalue weighted by molar-refractivity contribution is 5.83. The van der Waals surface area contributed by atoms with Gasteiger partial charge >= 0.3 is 0 Å². The second kappa shape index (κ2) is 10.3. The molecule has 4 aromatic rings. The molecule has 5 rings (SSSR count). The van der Waals surface area contributed by atoms with E-state index in [0.717, 1.165) is 40.7 Å². The molecule has 0 radical (unpaired) electrons. The molecule has 1 atom stereocenters. The number of hydrogen-bond donors (Lipinski definition) is 1. The summed E-state index contributed by atoms with van der Waals surface area (Å²) in [5.41, 5.74) is 5.13. The Labute approximate surface area is 212 Å². The summed E-state index contributed by atoms with van der Waals surface area (Å²) < 4.78 is 2.06. The summed E-state index contributed by atoms with van der Waals surface area (Å²) in [7, 11) is 0. The molecule has 188 valence electrons. The van der Waals surface area contributed by atoms with Gasteiger partial charge in [-0.1, -0.05) is 63.1 Å². The number of tetrazole rings is 1. The van der Waals surface area contributed by atoms with Crippen molar-refractivity contribution in [3.63, 3.8) is 0 Å². The quantitative estimate of drug-likeness (QED) is 0.350. The Hall–Kier alpha value is -3.32. The highest BCUT2D eigenvalue weighted by Crippen LogP contribution is 2.35. The van der Waals surface area contributed by atoms with Gasteiger partial charge in [0.15, 0.2) is 5.82 Å². The molecular formula is C29H36N6O. The van der Waals surface area contributed by atoms with Gasteiger partial charge < -0.3 is 4.98 Å². The number of aromatic nitrogens is 5. The first-order chi connectivity index (χ1) is 17.4. The summed E-state index contributed by atoms with van der Waals surface area (Å²) >= 11 is 0. The number of aromatic amines is 1. The van der Waals surface area contributed by atoms with Crippen LogP contribution in [0.2, 0.25) is 0 Å². The molecule has 36 heavy (non-hydrogen) atoms. The van der Waals surface area contributed by atoms with Crippen LogP contribution in [0.1, 0.15) is 79.7 Å². The van der Waals surface area contributed by atoms with Crippen molar-refractivity contribution >= 4 is 10.9 Å². The number of H-pyrrole nitrogens is 1. The molecule has 0 saturated heterocycles. The van der Waals surface area contributed by atoms with Crippen LogP contribution in [-0.4, -0.2) is 30.1 Å². The van der Waals surface area contributed by atoms with Crippen molar-refractivity contribution in [1.82, 2.24) is 30.1 Å². The van der Waals surface area contributed by atoms with E-state index < -0.39 is 0 Å². The van der Waals surface area contributed by atoms with Crippen molar-refractivity contribution in [3.05, 3.63) is 87.0 Å². The molecule has 0 aliphatic heterocycles. The van der Waals surface area contributed by atoms with Crippen molar-refractivity contribution in [2.24, 2.45) is 5.92 Å². The molecule has 2 aromatic heterocycles. The molecule has 2 aromatic carbocycles. The topological polar surface area (TPSA) is 79.7 Å². The highest BCUT2D eigenvalue weighted by atomic mass is 16.1. The lowest BCUT2D eigenvalue weighted by atomic mass is 9.98. The van der Waals surface area contributed by atoms with Crippen molar-refractivity contribution < 1.29 is 0 Å². The minimum atomic E-state index is -0.0385. The van der Waals surface area contributed by atoms with Gasteiger partial charge in [-0.15, -0.1) is 5.10 Å². The minimum Gasteiger partial charge on any atom is -0.322 e. The van der Waals surface area contributed by atoms with Gasteiger partial charge in [0.1, 0.15) is 0 Å². The molecular weight excluding hydrogens is 448 g/mol. The fourth-order valence-corrected chi connectivity index (χ4v) is 5.81. The zero-order valence-electron chi connectivity index (χ0n) is 21.7. The summed E-state index contributed by atoms with van der Waals surface area (Å²) in [6.45, 7) is 9.80. The van der Waals surface area contributed by atoms with E-state index in [2.05, 4.69) is 94.2 Å². The van der Waals surface area contributed by atoms with E-state index in [1.165, 1.54) is 24.0 Å². The van der Waals surface area contributed by atoms with Crippen LogP contribution < -0.4 is 5.56 Å². The molecule has 0 bridgehead atoms. The lowest BCUT2D eigenvalue weighted by Crippen LogP contribution is -2.35. The molecule has 1 aliphatic carbocycles. The summed E-state index contributed by atoms with van der Waals surface area (Å²) in [6.07, 6.45) is 4.67. The van der Waals surface area contributed by atoms with Gasteiger partial charge in [0, 0.05) is 29.6 Å². The fourth-order valence-electron chi connectivity index (χ4n) is 5.81. The maximum Gasteiger partial charge on any atom is 0.252 e. The number of fused-ring (bicyclic) bond motifs is 1. The average Bonchev–Trinajstić information content (AvgIpc) is 3.52. The van der Waals surface area contributed by atoms with Crippen LogP contribution in [0, 0.1) is 19.8 Å². The number of hydrogen-bond acceptors (Lipinski definition) is 5. The number of nitrogens with one attached hydrogen (secondary N) is 1. The van der Waals surface area contributed by atoms with E-state index in [1.807, 2.05) is 12.1 Å². The SMILES string of the molecule is Cc1cc(C)c2cc(CN(Cc3ccccc3)[C@H](c3nnnn3C3CCCC3)C(C)C)c(=O)[nH]c2c1. The molecule has 0 unspecified atom stereocenters. The smallest absolute Gasteiger partial charge is 0.252 e. The Balaban J connectivity index is 1.57. The molecule has 0 spiro atoms. The first-order valence-electron chi connectivity index (χ1n) is 13.1. The standard InChI is InChI=1S/C29H36N6O/c1-19(2)27(28-31-32-33-35(28)24-12-8-9-13-24)34(17-22-10-6-5-7-11-22)18-23-16-25-21(4)14-20(3)15-26(25)30-29(23)36/h5-7,10-11,14-16,19,24,27H,8-9,12-13,17-18H2,1-4H3,(H,30,36)/t27-/m0/s1. The number of nitrogens with zero attached hydrogens (tertiary/aromatic N) is 5. The molecule has 2 heterocycles. The van der Waals surface area contributed by atoms with Gasteiger partial charge in [-0.25, -0.2) is 4.68 Å². The molecule has 1 N–H and O–H groups in total. The van der Waals surface area contributed by atoms with Gasteiger partial charge in [0.2, 0.25) is 0 Å². The van der Waals surface area contributed by atoms with Crippen LogP contribution in [0.25, 0.3) is 10.9 Å². The number of pyridine rings is 1. The molecule has 1 fully saturated rings. The van der Waals surface area contributed by atoms with Gasteiger partial charge in [0.25, 0.3) is 5.56 Å². The van der Waals surface area contributed by atoms with Crippen molar-refractivity contribution in [2.45, 2.75) is 78.6 Å². The number of benzene rings is 2. The van der Waals surface area contributed by atoms with Gasteiger partial charge in [-0.2, -0.15) is 0 Å². The van der Waals surface area contributed by atoms with E-state index in [-0.39, 0.29) is 17.5 Å². The van der Waals surface area contributed by atoms with Crippen LogP contribution >= 0.6 is 0 Å². The minimum absolute atomic E-state index is 0.0324. The largest absolute Gasteiger partial charge is 0.322 e. The molecule has 7 heteroatoms. The predicted octanol–water partition coefficient (Wildman–Crippen LogP) is 5.65. The van der Waals surface area contributed by atoms with E-state index in [9.17, 15) is 4.79 Å². The molecule has 7 nitrogen and oxygen atoms in total. The van der Waals surface area contributed by atoms with Crippen molar-refractivity contribution in [3.8, 4) is 0 Å². The Bertz CT molecular complexity index is 1380. The Morgan fingerprint density at radius 1 is 1.06 bits per heavy atom. The molecule has 0 amide bonds. The van der Waals surface area contributed by atoms with Crippen molar-refractivity contribution in [2.75, 3.05) is 0 Å². The second-order valence-electron chi connectivity index (χ2n) is 10.7. The maximum atomic E-state index is 13.3. The Kier molecular flexibility index (Phi) is 7.01. The zero-order valence-corrected chi connectivity index (χ0v) is 21.7. The van der Waals surface area contributed by atoms with Gasteiger partial charge in [-0.3, -0.25) is 9.69 Å². The second-order valence-corrected chi connectivity index (χ2v) is 10.7. The normalized spacial score (nSPS) is 15.4. The third-order valence-electron chi connectivity index (χ3n) is 7.47. The Morgan fingerprint density at radius 3 is 2.53 bits per heavy atom.